The van der Waals surface area contributed by atoms with E-state index in [0.717, 1.165) is 0 Å². The predicted molar refractivity (Wildman–Crippen MR) is 56.6 cm³/mol. The lowest BCUT2D eigenvalue weighted by atomic mass is 10.3. The zero-order valence-corrected chi connectivity index (χ0v) is 8.82. The van der Waals surface area contributed by atoms with Crippen LogP contribution in [0.3, 0.4) is 0 Å². The van der Waals surface area contributed by atoms with Gasteiger partial charge in [0, 0.05) is 17.3 Å². The lowest BCUT2D eigenvalue weighted by molar-refractivity contribution is -0.255. The number of carbonyl (C=O) groups excluding carboxylic acids is 1. The molecule has 4 nitrogen and oxygen atoms in total. The molecular weight excluding hydrogens is 230 g/mol. The summed E-state index contributed by atoms with van der Waals surface area (Å²) in [7, 11) is 0. The van der Waals surface area contributed by atoms with Crippen molar-refractivity contribution in [1.29, 1.82) is 0 Å². The highest BCUT2D eigenvalue weighted by molar-refractivity contribution is 6.30. The predicted octanol–water partition coefficient (Wildman–Crippen LogP) is 1.82. The average Bonchev–Trinajstić information content (AvgIpc) is 2.70. The van der Waals surface area contributed by atoms with Crippen LogP contribution in [0.1, 0.15) is 10.5 Å². The Morgan fingerprint density at radius 1 is 1.25 bits per heavy atom. The minimum Gasteiger partial charge on any atom is -0.543 e. The third-order valence-corrected chi connectivity index (χ3v) is 2.18. The molecule has 1 aromatic heterocycles. The molecule has 16 heavy (non-hydrogen) atoms. The fraction of sp³-hybridized carbons (Fsp3) is 0. The molecule has 0 aliphatic rings. The molecule has 0 aliphatic heterocycles. The first-order valence-electron chi connectivity index (χ1n) is 4.48. The summed E-state index contributed by atoms with van der Waals surface area (Å²) in [6, 6.07) is 8.10. The van der Waals surface area contributed by atoms with Crippen molar-refractivity contribution in [3.8, 4) is 11.5 Å². The Labute approximate surface area is 96.4 Å². The maximum Gasteiger partial charge on any atom is 0.145 e. The smallest absolute Gasteiger partial charge is 0.145 e. The van der Waals surface area contributed by atoms with Crippen molar-refractivity contribution in [3.05, 3.63) is 47.2 Å². The Morgan fingerprint density at radius 3 is 2.50 bits per heavy atom. The first-order chi connectivity index (χ1) is 7.65. The molecule has 1 heterocycles. The number of halogens is 1. The number of rotatable bonds is 3. The molecule has 0 aliphatic carbocycles. The van der Waals surface area contributed by atoms with Crippen LogP contribution in [-0.2, 0) is 0 Å². The van der Waals surface area contributed by atoms with E-state index in [9.17, 15) is 9.90 Å². The van der Waals surface area contributed by atoms with Gasteiger partial charge < -0.3 is 19.6 Å². The van der Waals surface area contributed by atoms with Crippen LogP contribution in [0.2, 0.25) is 5.02 Å². The van der Waals surface area contributed by atoms with E-state index >= 15 is 0 Å². The Morgan fingerprint density at radius 2 is 1.94 bits per heavy atom. The summed E-state index contributed by atoms with van der Waals surface area (Å²) in [5, 5.41) is 11.1. The number of hydrogen-bond donors (Lipinski definition) is 1. The Bertz CT molecular complexity index is 504. The van der Waals surface area contributed by atoms with E-state index in [0.29, 0.717) is 16.5 Å². The second-order valence-corrected chi connectivity index (χ2v) is 3.53. The molecule has 0 radical (unpaired) electrons. The summed E-state index contributed by atoms with van der Waals surface area (Å²) >= 11 is 5.71. The van der Waals surface area contributed by atoms with Gasteiger partial charge in [-0.3, -0.25) is 0 Å². The molecule has 0 atom stereocenters. The highest BCUT2D eigenvalue weighted by Gasteiger charge is 2.02. The van der Waals surface area contributed by atoms with Crippen LogP contribution in [0.25, 0.3) is 0 Å². The van der Waals surface area contributed by atoms with Crippen LogP contribution in [0.15, 0.2) is 36.5 Å². The van der Waals surface area contributed by atoms with Crippen molar-refractivity contribution in [2.45, 2.75) is 0 Å². The van der Waals surface area contributed by atoms with E-state index in [1.807, 2.05) is 0 Å². The highest BCUT2D eigenvalue weighted by Crippen LogP contribution is 2.23. The number of carboxylic acid groups (broad SMARTS) is 1. The summed E-state index contributed by atoms with van der Waals surface area (Å²) < 4.78 is 5.38. The molecule has 0 fully saturated rings. The molecule has 0 saturated carbocycles. The average molecular weight is 237 g/mol. The van der Waals surface area contributed by atoms with Gasteiger partial charge in [-0.05, 0) is 24.3 Å². The van der Waals surface area contributed by atoms with Gasteiger partial charge in [0.2, 0.25) is 0 Å². The van der Waals surface area contributed by atoms with Crippen molar-refractivity contribution in [3.63, 3.8) is 0 Å². The van der Waals surface area contributed by atoms with Gasteiger partial charge in [-0.25, -0.2) is 0 Å². The molecule has 1 aromatic carbocycles. The van der Waals surface area contributed by atoms with Crippen molar-refractivity contribution in [1.82, 2.24) is 4.98 Å². The molecular formula is C11H7ClNO3-. The first kappa shape index (κ1) is 10.6. The van der Waals surface area contributed by atoms with Gasteiger partial charge in [0.1, 0.15) is 11.5 Å². The van der Waals surface area contributed by atoms with Crippen molar-refractivity contribution < 1.29 is 14.6 Å². The number of aromatic nitrogens is 1. The number of aromatic amines is 1. The summed E-state index contributed by atoms with van der Waals surface area (Å²) in [4.78, 5) is 13.0. The first-order valence-corrected chi connectivity index (χ1v) is 4.86. The van der Waals surface area contributed by atoms with Gasteiger partial charge in [-0.1, -0.05) is 11.6 Å². The number of hydrogen-bond acceptors (Lipinski definition) is 3. The Hall–Kier alpha value is -1.94. The molecule has 0 spiro atoms. The SMILES string of the molecule is O=C([O-])c1cc(Oc2ccc(Cl)cc2)c[nH]1. The largest absolute Gasteiger partial charge is 0.543 e. The Balaban J connectivity index is 2.14. The molecule has 0 unspecified atom stereocenters. The maximum absolute atomic E-state index is 10.5. The van der Waals surface area contributed by atoms with Crippen LogP contribution in [0, 0.1) is 0 Å². The van der Waals surface area contributed by atoms with E-state index in [1.165, 1.54) is 12.3 Å². The third-order valence-electron chi connectivity index (χ3n) is 1.93. The van der Waals surface area contributed by atoms with Crippen LogP contribution >= 0.6 is 11.6 Å². The van der Waals surface area contributed by atoms with E-state index < -0.39 is 5.97 Å². The number of H-pyrrole nitrogens is 1. The molecule has 0 saturated heterocycles. The van der Waals surface area contributed by atoms with Crippen LogP contribution in [-0.4, -0.2) is 11.0 Å². The van der Waals surface area contributed by atoms with Crippen LogP contribution < -0.4 is 9.84 Å². The molecule has 82 valence electrons. The molecule has 2 aromatic rings. The topological polar surface area (TPSA) is 65.2 Å². The summed E-state index contributed by atoms with van der Waals surface area (Å²) in [5.74, 6) is -0.291. The highest BCUT2D eigenvalue weighted by atomic mass is 35.5. The maximum atomic E-state index is 10.5. The molecule has 2 rings (SSSR count). The van der Waals surface area contributed by atoms with Gasteiger partial charge in [0.25, 0.3) is 0 Å². The number of carbonyl (C=O) groups is 1. The minimum absolute atomic E-state index is 0.0241. The van der Waals surface area contributed by atoms with E-state index in [2.05, 4.69) is 4.98 Å². The van der Waals surface area contributed by atoms with Gasteiger partial charge in [-0.2, -0.15) is 0 Å². The lowest BCUT2D eigenvalue weighted by Gasteiger charge is -2.02. The fourth-order valence-electron chi connectivity index (χ4n) is 1.19. The van der Waals surface area contributed by atoms with E-state index in [4.69, 9.17) is 16.3 Å². The molecule has 1 N–H and O–H groups in total. The molecule has 0 bridgehead atoms. The quantitative estimate of drug-likeness (QED) is 0.884. The summed E-state index contributed by atoms with van der Waals surface area (Å²) in [6.45, 7) is 0. The fourth-order valence-corrected chi connectivity index (χ4v) is 1.32. The number of aromatic carboxylic acids is 1. The van der Waals surface area contributed by atoms with Crippen LogP contribution in [0.5, 0.6) is 11.5 Å². The second-order valence-electron chi connectivity index (χ2n) is 3.09. The normalized spacial score (nSPS) is 10.1. The standard InChI is InChI=1S/C11H8ClNO3/c12-7-1-3-8(4-2-7)16-9-5-10(11(14)15)13-6-9/h1-6,13H,(H,14,15)/p-1. The van der Waals surface area contributed by atoms with Crippen molar-refractivity contribution in [2.75, 3.05) is 0 Å². The zero-order valence-electron chi connectivity index (χ0n) is 8.07. The third kappa shape index (κ3) is 2.35. The number of ether oxygens (including phenoxy) is 1. The van der Waals surface area contributed by atoms with Gasteiger partial charge >= 0.3 is 0 Å². The van der Waals surface area contributed by atoms with E-state index in [1.54, 1.807) is 24.3 Å². The minimum atomic E-state index is -1.27. The van der Waals surface area contributed by atoms with Gasteiger partial charge in [-0.15, -0.1) is 0 Å². The summed E-state index contributed by atoms with van der Waals surface area (Å²) in [6.07, 6.45) is 1.44. The molecule has 0 amide bonds. The Kier molecular flexibility index (Phi) is 2.83. The monoisotopic (exact) mass is 236 g/mol. The zero-order chi connectivity index (χ0) is 11.5. The number of benzene rings is 1. The van der Waals surface area contributed by atoms with Crippen LogP contribution in [0.4, 0.5) is 0 Å². The second kappa shape index (κ2) is 4.28. The van der Waals surface area contributed by atoms with Gasteiger partial charge in [0.05, 0.1) is 11.7 Å². The van der Waals surface area contributed by atoms with Crippen molar-refractivity contribution in [2.24, 2.45) is 0 Å². The number of nitrogens with one attached hydrogen (secondary N) is 1. The summed E-state index contributed by atoms with van der Waals surface area (Å²) in [5.41, 5.74) is -0.0241. The van der Waals surface area contributed by atoms with E-state index in [-0.39, 0.29) is 5.69 Å². The lowest BCUT2D eigenvalue weighted by Crippen LogP contribution is -2.22. The van der Waals surface area contributed by atoms with Gasteiger partial charge in [0.15, 0.2) is 0 Å². The van der Waals surface area contributed by atoms with Crippen molar-refractivity contribution >= 4 is 17.6 Å². The number of carboxylic acids is 1. The molecule has 5 heteroatoms.